The Balaban J connectivity index is 1.44. The van der Waals surface area contributed by atoms with Crippen LogP contribution in [0.5, 0.6) is 0 Å². The fourth-order valence-electron chi connectivity index (χ4n) is 4.27. The molecule has 0 atom stereocenters. The molecule has 2 aliphatic heterocycles. The third kappa shape index (κ3) is 3.37. The lowest BCUT2D eigenvalue weighted by Crippen LogP contribution is -2.47. The molecular weight excluding hydrogens is 404 g/mol. The van der Waals surface area contributed by atoms with Gasteiger partial charge in [0.1, 0.15) is 0 Å². The first-order valence-electron chi connectivity index (χ1n) is 10.3. The van der Waals surface area contributed by atoms with E-state index in [1.807, 2.05) is 42.2 Å². The normalized spacial score (nSPS) is 18.4. The fraction of sp³-hybridized carbons (Fsp3) is 0.409. The van der Waals surface area contributed by atoms with E-state index in [-0.39, 0.29) is 5.91 Å². The minimum Gasteiger partial charge on any atom is -0.347 e. The number of likely N-dealkylation sites (tertiary alicyclic amines) is 1. The molecule has 8 heteroatoms. The molecule has 1 aromatic carbocycles. The lowest BCUT2D eigenvalue weighted by Gasteiger charge is -2.37. The van der Waals surface area contributed by atoms with E-state index in [2.05, 4.69) is 4.98 Å². The lowest BCUT2D eigenvalue weighted by atomic mass is 10.0. The van der Waals surface area contributed by atoms with Crippen molar-refractivity contribution >= 4 is 23.2 Å². The maximum atomic E-state index is 13.3. The Kier molecular flexibility index (Phi) is 4.97. The highest BCUT2D eigenvalue weighted by Crippen LogP contribution is 2.32. The summed E-state index contributed by atoms with van der Waals surface area (Å²) in [6.45, 7) is 4.50. The summed E-state index contributed by atoms with van der Waals surface area (Å²) < 4.78 is 13.3. The Morgan fingerprint density at radius 3 is 2.53 bits per heavy atom. The van der Waals surface area contributed by atoms with Crippen LogP contribution in [0.4, 0.5) is 0 Å². The van der Waals surface area contributed by atoms with Crippen molar-refractivity contribution < 1.29 is 14.3 Å². The van der Waals surface area contributed by atoms with E-state index in [9.17, 15) is 4.79 Å². The minimum absolute atomic E-state index is 0.0161. The number of benzene rings is 1. The summed E-state index contributed by atoms with van der Waals surface area (Å²) in [7, 11) is 0. The third-order valence-corrected chi connectivity index (χ3v) is 6.17. The molecule has 2 fully saturated rings. The number of aryl methyl sites for hydroxylation is 1. The number of carbonyl (C=O) groups is 1. The zero-order chi connectivity index (χ0) is 20.7. The highest BCUT2D eigenvalue weighted by molar-refractivity contribution is 6.30. The molecule has 5 rings (SSSR count). The molecule has 3 aromatic rings. The maximum Gasteiger partial charge on any atom is 0.257 e. The number of halogens is 1. The van der Waals surface area contributed by atoms with Crippen molar-refractivity contribution in [2.75, 3.05) is 26.3 Å². The molecule has 0 unspecified atom stereocenters. The predicted octanol–water partition coefficient (Wildman–Crippen LogP) is 3.59. The molecule has 1 spiro atoms. The molecule has 0 radical (unpaired) electrons. The van der Waals surface area contributed by atoms with E-state index in [1.54, 1.807) is 10.7 Å². The van der Waals surface area contributed by atoms with Gasteiger partial charge in [0.2, 0.25) is 0 Å². The van der Waals surface area contributed by atoms with Gasteiger partial charge in [0.05, 0.1) is 30.2 Å². The van der Waals surface area contributed by atoms with Gasteiger partial charge in [0.15, 0.2) is 11.4 Å². The highest BCUT2D eigenvalue weighted by atomic mass is 35.5. The highest BCUT2D eigenvalue weighted by Gasteiger charge is 2.41. The van der Waals surface area contributed by atoms with Gasteiger partial charge in [0.25, 0.3) is 5.91 Å². The van der Waals surface area contributed by atoms with E-state index < -0.39 is 5.79 Å². The van der Waals surface area contributed by atoms with Gasteiger partial charge >= 0.3 is 0 Å². The van der Waals surface area contributed by atoms with Crippen LogP contribution in [-0.4, -0.2) is 57.5 Å². The van der Waals surface area contributed by atoms with Gasteiger partial charge in [-0.3, -0.25) is 4.79 Å². The van der Waals surface area contributed by atoms with Crippen LogP contribution in [0.2, 0.25) is 5.02 Å². The van der Waals surface area contributed by atoms with Crippen molar-refractivity contribution in [2.24, 2.45) is 0 Å². The van der Waals surface area contributed by atoms with E-state index in [0.29, 0.717) is 56.2 Å². The minimum atomic E-state index is -0.498. The van der Waals surface area contributed by atoms with E-state index >= 15 is 0 Å². The van der Waals surface area contributed by atoms with E-state index in [0.717, 1.165) is 22.6 Å². The Hall–Kier alpha value is -2.48. The molecule has 1 amide bonds. The van der Waals surface area contributed by atoms with Crippen LogP contribution in [-0.2, 0) is 15.9 Å². The van der Waals surface area contributed by atoms with Crippen LogP contribution in [0.15, 0.2) is 36.5 Å². The van der Waals surface area contributed by atoms with E-state index in [1.165, 1.54) is 0 Å². The number of hydrogen-bond donors (Lipinski definition) is 0. The second-order valence-corrected chi connectivity index (χ2v) is 8.11. The number of ether oxygens (including phenoxy) is 2. The zero-order valence-electron chi connectivity index (χ0n) is 16.8. The number of piperidine rings is 1. The first-order valence-corrected chi connectivity index (χ1v) is 10.7. The monoisotopic (exact) mass is 426 g/mol. The van der Waals surface area contributed by atoms with Gasteiger partial charge in [-0.05, 0) is 18.6 Å². The van der Waals surface area contributed by atoms with Crippen LogP contribution in [0.3, 0.4) is 0 Å². The summed E-state index contributed by atoms with van der Waals surface area (Å²) in [5.74, 6) is -0.514. The van der Waals surface area contributed by atoms with Crippen molar-refractivity contribution in [1.82, 2.24) is 19.5 Å². The molecule has 2 aromatic heterocycles. The van der Waals surface area contributed by atoms with E-state index in [4.69, 9.17) is 26.2 Å². The number of fused-ring (bicyclic) bond motifs is 1. The summed E-state index contributed by atoms with van der Waals surface area (Å²) in [4.78, 5) is 19.7. The molecule has 30 heavy (non-hydrogen) atoms. The van der Waals surface area contributed by atoms with Crippen LogP contribution in [0, 0.1) is 0 Å². The molecule has 2 aliphatic rings. The first-order chi connectivity index (χ1) is 14.6. The Morgan fingerprint density at radius 1 is 1.17 bits per heavy atom. The number of amides is 1. The first kappa shape index (κ1) is 19.5. The van der Waals surface area contributed by atoms with Crippen molar-refractivity contribution in [3.8, 4) is 11.3 Å². The quantitative estimate of drug-likeness (QED) is 0.640. The summed E-state index contributed by atoms with van der Waals surface area (Å²) in [6.07, 6.45) is 3.74. The van der Waals surface area contributed by atoms with Gasteiger partial charge in [0, 0.05) is 48.8 Å². The molecule has 0 N–H and O–H groups in total. The van der Waals surface area contributed by atoms with Gasteiger partial charge in [-0.25, -0.2) is 9.50 Å². The number of nitrogens with zero attached hydrogens (tertiary/aromatic N) is 4. The number of aromatic nitrogens is 3. The summed E-state index contributed by atoms with van der Waals surface area (Å²) in [6, 6.07) is 9.46. The van der Waals surface area contributed by atoms with Crippen molar-refractivity contribution in [3.63, 3.8) is 0 Å². The average Bonchev–Trinajstić information content (AvgIpc) is 3.41. The van der Waals surface area contributed by atoms with Crippen LogP contribution in [0.1, 0.15) is 35.8 Å². The fourth-order valence-corrected chi connectivity index (χ4v) is 4.39. The molecular formula is C22H23ClN4O3. The van der Waals surface area contributed by atoms with Crippen LogP contribution < -0.4 is 0 Å². The number of rotatable bonds is 3. The van der Waals surface area contributed by atoms with Gasteiger partial charge in [-0.15, -0.1) is 0 Å². The predicted molar refractivity (Wildman–Crippen MR) is 113 cm³/mol. The molecule has 0 bridgehead atoms. The third-order valence-electron chi connectivity index (χ3n) is 5.91. The molecule has 0 aliphatic carbocycles. The molecule has 7 nitrogen and oxygen atoms in total. The lowest BCUT2D eigenvalue weighted by molar-refractivity contribution is -0.181. The van der Waals surface area contributed by atoms with Crippen LogP contribution in [0.25, 0.3) is 16.9 Å². The Morgan fingerprint density at radius 2 is 1.87 bits per heavy atom. The van der Waals surface area contributed by atoms with Crippen molar-refractivity contribution in [1.29, 1.82) is 0 Å². The Bertz CT molecular complexity index is 1080. The SMILES string of the molecule is CCc1c(C(=O)N2CCC3(CC2)OCCO3)cnc2cc(-c3ccc(Cl)cc3)nn12. The summed E-state index contributed by atoms with van der Waals surface area (Å²) in [5, 5.41) is 5.41. The Labute approximate surface area is 179 Å². The standard InChI is InChI=1S/C22H23ClN4O3/c1-2-19-17(21(28)26-9-7-22(8-10-26)29-11-12-30-22)14-24-20-13-18(25-27(19)20)15-3-5-16(23)6-4-15/h3-6,13-14H,2,7-12H2,1H3. The average molecular weight is 427 g/mol. The molecule has 0 saturated carbocycles. The zero-order valence-corrected chi connectivity index (χ0v) is 17.6. The molecule has 2 saturated heterocycles. The maximum absolute atomic E-state index is 13.3. The summed E-state index contributed by atoms with van der Waals surface area (Å²) in [5.41, 5.74) is 3.93. The van der Waals surface area contributed by atoms with Crippen molar-refractivity contribution in [2.45, 2.75) is 32.0 Å². The largest absolute Gasteiger partial charge is 0.347 e. The van der Waals surface area contributed by atoms with Crippen molar-refractivity contribution in [3.05, 3.63) is 52.8 Å². The summed E-state index contributed by atoms with van der Waals surface area (Å²) >= 11 is 6.00. The van der Waals surface area contributed by atoms with Gasteiger partial charge in [-0.1, -0.05) is 30.7 Å². The number of carbonyl (C=O) groups excluding carboxylic acids is 1. The van der Waals surface area contributed by atoms with Gasteiger partial charge < -0.3 is 14.4 Å². The molecule has 156 valence electrons. The van der Waals surface area contributed by atoms with Gasteiger partial charge in [-0.2, -0.15) is 5.10 Å². The smallest absolute Gasteiger partial charge is 0.257 e. The molecule has 4 heterocycles. The number of hydrogen-bond acceptors (Lipinski definition) is 5. The second-order valence-electron chi connectivity index (χ2n) is 7.68. The topological polar surface area (TPSA) is 69.0 Å². The van der Waals surface area contributed by atoms with Crippen LogP contribution >= 0.6 is 11.6 Å². The second kappa shape index (κ2) is 7.65.